The molecular weight excluding hydrogens is 604 g/mol. The molecule has 4 nitrogen and oxygen atoms in total. The average Bonchev–Trinajstić information content (AvgIpc) is 3.49. The molecule has 262 valence electrons. The minimum Gasteiger partial charge on any atom is -0.465 e. The summed E-state index contributed by atoms with van der Waals surface area (Å²) in [7, 11) is 1.44. The first kappa shape index (κ1) is 34.3. The molecular formula is C45H58O4. The number of rotatable bonds is 6. The zero-order valence-corrected chi connectivity index (χ0v) is 31.1. The quantitative estimate of drug-likeness (QED) is 0.228. The number of ether oxygens (including phenoxy) is 2. The van der Waals surface area contributed by atoms with Gasteiger partial charge < -0.3 is 9.47 Å². The Kier molecular flexibility index (Phi) is 8.39. The fraction of sp³-hybridized carbons (Fsp3) is 0.600. The molecule has 0 saturated heterocycles. The van der Waals surface area contributed by atoms with Crippen molar-refractivity contribution >= 4 is 17.5 Å². The van der Waals surface area contributed by atoms with Crippen molar-refractivity contribution < 1.29 is 19.1 Å². The van der Waals surface area contributed by atoms with Crippen molar-refractivity contribution in [1.82, 2.24) is 0 Å². The number of carbonyl (C=O) groups excluding carboxylic acids is 2. The van der Waals surface area contributed by atoms with Gasteiger partial charge in [0.1, 0.15) is 6.61 Å². The Labute approximate surface area is 295 Å². The van der Waals surface area contributed by atoms with Gasteiger partial charge in [0.25, 0.3) is 0 Å². The summed E-state index contributed by atoms with van der Waals surface area (Å²) in [5.74, 6) is 2.13. The summed E-state index contributed by atoms with van der Waals surface area (Å²) in [6.07, 6.45) is 12.5. The smallest absolute Gasteiger partial charge is 0.337 e. The molecule has 0 aromatic heterocycles. The molecule has 0 N–H and O–H groups in total. The maximum atomic E-state index is 14.3. The standard InChI is InChI=1S/C45H58O4/c1-29(2)33-20-25-45(40(47)49-28-30-12-10-9-11-13-30)27-26-43(6)35(38(33)45)18-19-37-42(5)23-21-34(31-14-16-32(17-15-31)39(46)48-8)41(3,4)36(42)22-24-44(37,43)7/h9-17,21,33,35-38H,1,18-20,22-28H2,2-8H3/t33-,35?,36-,37+,38+,42-,43+,44+,45-/m0/s1. The van der Waals surface area contributed by atoms with Gasteiger partial charge in [-0.15, -0.1) is 0 Å². The van der Waals surface area contributed by atoms with E-state index in [1.807, 2.05) is 30.3 Å². The molecule has 1 unspecified atom stereocenters. The van der Waals surface area contributed by atoms with E-state index in [-0.39, 0.29) is 33.6 Å². The van der Waals surface area contributed by atoms with E-state index in [2.05, 4.69) is 78.5 Å². The van der Waals surface area contributed by atoms with E-state index in [1.54, 1.807) is 0 Å². The molecule has 2 aromatic carbocycles. The Balaban J connectivity index is 1.19. The molecule has 2 aromatic rings. The highest BCUT2D eigenvalue weighted by Gasteiger charge is 2.71. The second-order valence-corrected chi connectivity index (χ2v) is 18.0. The highest BCUT2D eigenvalue weighted by molar-refractivity contribution is 5.90. The van der Waals surface area contributed by atoms with Crippen LogP contribution in [0, 0.1) is 56.7 Å². The van der Waals surface area contributed by atoms with Crippen LogP contribution in [-0.2, 0) is 20.9 Å². The zero-order chi connectivity index (χ0) is 35.0. The fourth-order valence-electron chi connectivity index (χ4n) is 13.4. The van der Waals surface area contributed by atoms with E-state index >= 15 is 0 Å². The van der Waals surface area contributed by atoms with Gasteiger partial charge in [-0.25, -0.2) is 4.79 Å². The predicted octanol–water partition coefficient (Wildman–Crippen LogP) is 10.9. The Bertz CT molecular complexity index is 1650. The van der Waals surface area contributed by atoms with Crippen LogP contribution in [0.2, 0.25) is 0 Å². The van der Waals surface area contributed by atoms with Gasteiger partial charge in [-0.1, -0.05) is 95.3 Å². The van der Waals surface area contributed by atoms with Crippen molar-refractivity contribution in [2.24, 2.45) is 56.7 Å². The highest BCUT2D eigenvalue weighted by Crippen LogP contribution is 2.77. The van der Waals surface area contributed by atoms with E-state index in [4.69, 9.17) is 9.47 Å². The molecule has 0 heterocycles. The van der Waals surface area contributed by atoms with Crippen molar-refractivity contribution in [2.45, 2.75) is 106 Å². The maximum Gasteiger partial charge on any atom is 0.337 e. The topological polar surface area (TPSA) is 52.6 Å². The van der Waals surface area contributed by atoms with Gasteiger partial charge in [0.2, 0.25) is 0 Å². The predicted molar refractivity (Wildman–Crippen MR) is 196 cm³/mol. The van der Waals surface area contributed by atoms with Crippen LogP contribution in [0.4, 0.5) is 0 Å². The number of methoxy groups -OCH3 is 1. The van der Waals surface area contributed by atoms with Crippen molar-refractivity contribution in [1.29, 1.82) is 0 Å². The summed E-state index contributed by atoms with van der Waals surface area (Å²) in [4.78, 5) is 26.5. The first-order valence-corrected chi connectivity index (χ1v) is 19.0. The van der Waals surface area contributed by atoms with Crippen LogP contribution in [0.5, 0.6) is 0 Å². The first-order chi connectivity index (χ1) is 23.2. The Morgan fingerprint density at radius 3 is 2.20 bits per heavy atom. The van der Waals surface area contributed by atoms with Crippen molar-refractivity contribution in [3.8, 4) is 0 Å². The first-order valence-electron chi connectivity index (χ1n) is 19.0. The second-order valence-electron chi connectivity index (χ2n) is 18.0. The second kappa shape index (κ2) is 12.0. The monoisotopic (exact) mass is 662 g/mol. The number of fused-ring (bicyclic) bond motifs is 7. The van der Waals surface area contributed by atoms with Gasteiger partial charge in [0.05, 0.1) is 18.1 Å². The maximum absolute atomic E-state index is 14.3. The number of allylic oxidation sites excluding steroid dienone is 3. The molecule has 0 aliphatic heterocycles. The highest BCUT2D eigenvalue weighted by atomic mass is 16.5. The van der Waals surface area contributed by atoms with Crippen molar-refractivity contribution in [3.05, 3.63) is 89.5 Å². The third-order valence-corrected chi connectivity index (χ3v) is 15.9. The van der Waals surface area contributed by atoms with Crippen LogP contribution < -0.4 is 0 Å². The van der Waals surface area contributed by atoms with Gasteiger partial charge in [-0.2, -0.15) is 0 Å². The lowest BCUT2D eigenvalue weighted by molar-refractivity contribution is -0.229. The summed E-state index contributed by atoms with van der Waals surface area (Å²) in [6, 6.07) is 18.2. The molecule has 5 aliphatic carbocycles. The van der Waals surface area contributed by atoms with E-state index in [9.17, 15) is 9.59 Å². The summed E-state index contributed by atoms with van der Waals surface area (Å²) in [5.41, 5.74) is 5.72. The third-order valence-electron chi connectivity index (χ3n) is 15.9. The van der Waals surface area contributed by atoms with E-state index in [0.717, 1.165) is 37.7 Å². The summed E-state index contributed by atoms with van der Waals surface area (Å²) in [6.45, 7) is 19.9. The lowest BCUT2D eigenvalue weighted by Crippen LogP contribution is -2.66. The summed E-state index contributed by atoms with van der Waals surface area (Å²) >= 11 is 0. The average molecular weight is 663 g/mol. The minimum absolute atomic E-state index is 0.0135. The lowest BCUT2D eigenvalue weighted by Gasteiger charge is -2.72. The van der Waals surface area contributed by atoms with Crippen molar-refractivity contribution in [3.63, 3.8) is 0 Å². The number of benzene rings is 2. The number of hydrogen-bond donors (Lipinski definition) is 0. The lowest BCUT2D eigenvalue weighted by atomic mass is 9.32. The van der Waals surface area contributed by atoms with Crippen LogP contribution in [0.3, 0.4) is 0 Å². The molecule has 4 saturated carbocycles. The van der Waals surface area contributed by atoms with Crippen LogP contribution >= 0.6 is 0 Å². The molecule has 4 heteroatoms. The van der Waals surface area contributed by atoms with E-state index in [1.165, 1.54) is 49.5 Å². The molecule has 49 heavy (non-hydrogen) atoms. The molecule has 9 atom stereocenters. The van der Waals surface area contributed by atoms with Crippen LogP contribution in [0.15, 0.2) is 72.8 Å². The normalized spacial score (nSPS) is 38.9. The van der Waals surface area contributed by atoms with E-state index < -0.39 is 5.41 Å². The molecule has 0 amide bonds. The number of hydrogen-bond acceptors (Lipinski definition) is 4. The zero-order valence-electron chi connectivity index (χ0n) is 31.1. The molecule has 7 rings (SSSR count). The van der Waals surface area contributed by atoms with E-state index in [0.29, 0.717) is 41.8 Å². The largest absolute Gasteiger partial charge is 0.465 e. The Morgan fingerprint density at radius 1 is 0.816 bits per heavy atom. The third kappa shape index (κ3) is 4.96. The number of esters is 2. The molecule has 0 spiro atoms. The van der Waals surface area contributed by atoms with Crippen LogP contribution in [0.1, 0.15) is 121 Å². The fourth-order valence-corrected chi connectivity index (χ4v) is 13.4. The Morgan fingerprint density at radius 2 is 1.53 bits per heavy atom. The van der Waals surface area contributed by atoms with Gasteiger partial charge in [-0.3, -0.25) is 4.79 Å². The molecule has 0 bridgehead atoms. The van der Waals surface area contributed by atoms with Gasteiger partial charge in [0.15, 0.2) is 0 Å². The summed E-state index contributed by atoms with van der Waals surface area (Å²) < 4.78 is 11.2. The summed E-state index contributed by atoms with van der Waals surface area (Å²) in [5, 5.41) is 0. The Hall–Kier alpha value is -3.14. The molecule has 0 radical (unpaired) electrons. The van der Waals surface area contributed by atoms with Gasteiger partial charge in [0, 0.05) is 0 Å². The van der Waals surface area contributed by atoms with Crippen molar-refractivity contribution in [2.75, 3.05) is 7.11 Å². The van der Waals surface area contributed by atoms with Gasteiger partial charge in [-0.05, 0) is 145 Å². The minimum atomic E-state index is -0.402. The van der Waals surface area contributed by atoms with Gasteiger partial charge >= 0.3 is 11.9 Å². The molecule has 4 fully saturated rings. The SMILES string of the molecule is C=C(C)[C@@H]1CC[C@]2(C(=O)OCc3ccccc3)CC[C@]3(C)C(CC[C@@H]4[C@@]5(C)CC=C(c6ccc(C(=O)OC)cc6)C(C)(C)[C@@H]5CC[C@]43C)[C@@H]12. The number of carbonyl (C=O) groups is 2. The molecule has 5 aliphatic rings. The van der Waals surface area contributed by atoms with Crippen LogP contribution in [-0.4, -0.2) is 19.0 Å². The van der Waals surface area contributed by atoms with Crippen LogP contribution in [0.25, 0.3) is 5.57 Å².